The minimum atomic E-state index is -0.284. The normalized spacial score (nSPS) is 21.9. The molecule has 88 valence electrons. The Morgan fingerprint density at radius 1 is 1.44 bits per heavy atom. The third kappa shape index (κ3) is 2.64. The maximum Gasteiger partial charge on any atom is 0.127 e. The van der Waals surface area contributed by atoms with E-state index < -0.39 is 0 Å². The summed E-state index contributed by atoms with van der Waals surface area (Å²) in [7, 11) is 0. The van der Waals surface area contributed by atoms with Crippen LogP contribution in [0.15, 0.2) is 18.2 Å². The van der Waals surface area contributed by atoms with Gasteiger partial charge in [-0.2, -0.15) is 0 Å². The number of nitrogens with zero attached hydrogens (tertiary/aromatic N) is 1. The van der Waals surface area contributed by atoms with E-state index in [-0.39, 0.29) is 11.9 Å². The van der Waals surface area contributed by atoms with Gasteiger partial charge in [-0.05, 0) is 31.5 Å². The number of ether oxygens (including phenoxy) is 1. The number of benzene rings is 1. The molecule has 4 heteroatoms. The van der Waals surface area contributed by atoms with Crippen LogP contribution in [0.25, 0.3) is 0 Å². The Balaban J connectivity index is 2.21. The van der Waals surface area contributed by atoms with Crippen LogP contribution in [0, 0.1) is 5.82 Å². The van der Waals surface area contributed by atoms with Crippen LogP contribution in [0.5, 0.6) is 0 Å². The van der Waals surface area contributed by atoms with Gasteiger partial charge in [0.05, 0.1) is 6.10 Å². The predicted molar refractivity (Wildman–Crippen MR) is 63.1 cm³/mol. The molecule has 16 heavy (non-hydrogen) atoms. The molecule has 1 aromatic rings. The first-order valence-electron chi connectivity index (χ1n) is 5.58. The van der Waals surface area contributed by atoms with Crippen molar-refractivity contribution in [2.45, 2.75) is 19.4 Å². The van der Waals surface area contributed by atoms with E-state index in [9.17, 15) is 4.39 Å². The van der Waals surface area contributed by atoms with E-state index in [1.165, 1.54) is 12.1 Å². The number of anilines is 2. The summed E-state index contributed by atoms with van der Waals surface area (Å²) in [5.74, 6) is -0.284. The van der Waals surface area contributed by atoms with Gasteiger partial charge in [-0.3, -0.25) is 0 Å². The van der Waals surface area contributed by atoms with E-state index in [2.05, 4.69) is 4.90 Å². The Kier molecular flexibility index (Phi) is 3.29. The second-order valence-electron chi connectivity index (χ2n) is 4.22. The number of nitrogen functional groups attached to an aromatic ring is 1. The molecule has 0 aromatic heterocycles. The zero-order valence-corrected chi connectivity index (χ0v) is 9.45. The molecule has 1 atom stereocenters. The zero-order chi connectivity index (χ0) is 11.5. The monoisotopic (exact) mass is 224 g/mol. The molecule has 2 rings (SSSR count). The first-order valence-corrected chi connectivity index (χ1v) is 5.58. The number of hydrogen-bond acceptors (Lipinski definition) is 3. The van der Waals surface area contributed by atoms with Gasteiger partial charge in [-0.1, -0.05) is 0 Å². The van der Waals surface area contributed by atoms with Crippen LogP contribution in [0.4, 0.5) is 15.8 Å². The van der Waals surface area contributed by atoms with Gasteiger partial charge in [0.1, 0.15) is 5.82 Å². The largest absolute Gasteiger partial charge is 0.399 e. The first-order chi connectivity index (χ1) is 7.65. The second-order valence-corrected chi connectivity index (χ2v) is 4.22. The molecule has 1 saturated heterocycles. The topological polar surface area (TPSA) is 38.5 Å². The molecular weight excluding hydrogens is 207 g/mol. The van der Waals surface area contributed by atoms with Crippen molar-refractivity contribution in [3.05, 3.63) is 24.0 Å². The highest BCUT2D eigenvalue weighted by Gasteiger charge is 2.16. The molecule has 0 aliphatic carbocycles. The fraction of sp³-hybridized carbons (Fsp3) is 0.500. The van der Waals surface area contributed by atoms with Crippen LogP contribution in [-0.2, 0) is 4.74 Å². The summed E-state index contributed by atoms with van der Waals surface area (Å²) in [5.41, 5.74) is 6.95. The fourth-order valence-electron chi connectivity index (χ4n) is 2.01. The quantitative estimate of drug-likeness (QED) is 0.742. The summed E-state index contributed by atoms with van der Waals surface area (Å²) >= 11 is 0. The first kappa shape index (κ1) is 11.2. The van der Waals surface area contributed by atoms with Gasteiger partial charge in [-0.15, -0.1) is 0 Å². The van der Waals surface area contributed by atoms with Crippen LogP contribution >= 0.6 is 0 Å². The number of rotatable bonds is 1. The summed E-state index contributed by atoms with van der Waals surface area (Å²) in [6.45, 7) is 4.46. The standard InChI is InChI=1S/C12H17FN2O/c1-9-8-15(3-2-4-16-9)12-6-10(13)5-11(14)7-12/h5-7,9H,2-4,8,14H2,1H3. The van der Waals surface area contributed by atoms with Crippen molar-refractivity contribution in [2.75, 3.05) is 30.3 Å². The average molecular weight is 224 g/mol. The molecule has 0 amide bonds. The van der Waals surface area contributed by atoms with Gasteiger partial charge < -0.3 is 15.4 Å². The molecule has 0 radical (unpaired) electrons. The van der Waals surface area contributed by atoms with Gasteiger partial charge >= 0.3 is 0 Å². The molecule has 3 nitrogen and oxygen atoms in total. The molecule has 1 fully saturated rings. The van der Waals surface area contributed by atoms with Crippen LogP contribution in [0.1, 0.15) is 13.3 Å². The molecule has 0 bridgehead atoms. The van der Waals surface area contributed by atoms with E-state index in [4.69, 9.17) is 10.5 Å². The number of hydrogen-bond donors (Lipinski definition) is 1. The number of nitrogens with two attached hydrogens (primary N) is 1. The van der Waals surface area contributed by atoms with Crippen molar-refractivity contribution in [2.24, 2.45) is 0 Å². The van der Waals surface area contributed by atoms with E-state index in [1.807, 2.05) is 6.92 Å². The lowest BCUT2D eigenvalue weighted by molar-refractivity contribution is 0.0821. The maximum atomic E-state index is 13.2. The van der Waals surface area contributed by atoms with Gasteiger partial charge in [0, 0.05) is 31.1 Å². The highest BCUT2D eigenvalue weighted by atomic mass is 19.1. The lowest BCUT2D eigenvalue weighted by Crippen LogP contribution is -2.30. The third-order valence-corrected chi connectivity index (χ3v) is 2.72. The highest BCUT2D eigenvalue weighted by molar-refractivity contribution is 5.56. The lowest BCUT2D eigenvalue weighted by Gasteiger charge is -2.24. The van der Waals surface area contributed by atoms with Crippen LogP contribution < -0.4 is 10.6 Å². The molecule has 1 aliphatic rings. The van der Waals surface area contributed by atoms with Gasteiger partial charge in [-0.25, -0.2) is 4.39 Å². The van der Waals surface area contributed by atoms with Crippen molar-refractivity contribution >= 4 is 11.4 Å². The smallest absolute Gasteiger partial charge is 0.127 e. The van der Waals surface area contributed by atoms with Crippen LogP contribution in [-0.4, -0.2) is 25.8 Å². The van der Waals surface area contributed by atoms with Crippen molar-refractivity contribution in [1.29, 1.82) is 0 Å². The zero-order valence-electron chi connectivity index (χ0n) is 9.45. The van der Waals surface area contributed by atoms with Crippen molar-refractivity contribution in [3.63, 3.8) is 0 Å². The van der Waals surface area contributed by atoms with Crippen molar-refractivity contribution in [3.8, 4) is 0 Å². The molecule has 1 aromatic carbocycles. The predicted octanol–water partition coefficient (Wildman–Crippen LogP) is 2.02. The summed E-state index contributed by atoms with van der Waals surface area (Å²) in [5, 5.41) is 0. The third-order valence-electron chi connectivity index (χ3n) is 2.72. The fourth-order valence-corrected chi connectivity index (χ4v) is 2.01. The van der Waals surface area contributed by atoms with Gasteiger partial charge in [0.2, 0.25) is 0 Å². The van der Waals surface area contributed by atoms with Gasteiger partial charge in [0.15, 0.2) is 0 Å². The van der Waals surface area contributed by atoms with E-state index in [0.717, 1.165) is 31.8 Å². The molecular formula is C12H17FN2O. The Labute approximate surface area is 95.0 Å². The average Bonchev–Trinajstić information content (AvgIpc) is 2.41. The highest BCUT2D eigenvalue weighted by Crippen LogP contribution is 2.22. The Hall–Kier alpha value is -1.29. The Morgan fingerprint density at radius 3 is 3.00 bits per heavy atom. The Morgan fingerprint density at radius 2 is 2.25 bits per heavy atom. The Bertz CT molecular complexity index is 350. The van der Waals surface area contributed by atoms with E-state index in [1.54, 1.807) is 6.07 Å². The van der Waals surface area contributed by atoms with Crippen LogP contribution in [0.2, 0.25) is 0 Å². The summed E-state index contributed by atoms with van der Waals surface area (Å²) in [6.07, 6.45) is 1.13. The molecule has 2 N–H and O–H groups in total. The van der Waals surface area contributed by atoms with Crippen molar-refractivity contribution in [1.82, 2.24) is 0 Å². The lowest BCUT2D eigenvalue weighted by atomic mass is 10.2. The molecule has 1 aliphatic heterocycles. The summed E-state index contributed by atoms with van der Waals surface area (Å²) in [6, 6.07) is 4.66. The van der Waals surface area contributed by atoms with Crippen LogP contribution in [0.3, 0.4) is 0 Å². The SMILES string of the molecule is CC1CN(c2cc(N)cc(F)c2)CCCO1. The summed E-state index contributed by atoms with van der Waals surface area (Å²) in [4.78, 5) is 2.12. The maximum absolute atomic E-state index is 13.2. The molecule has 0 saturated carbocycles. The molecule has 0 spiro atoms. The molecule has 1 heterocycles. The van der Waals surface area contributed by atoms with Gasteiger partial charge in [0.25, 0.3) is 0 Å². The minimum Gasteiger partial charge on any atom is -0.399 e. The van der Waals surface area contributed by atoms with Crippen molar-refractivity contribution < 1.29 is 9.13 Å². The summed E-state index contributed by atoms with van der Waals surface area (Å²) < 4.78 is 18.8. The second kappa shape index (κ2) is 4.70. The minimum absolute atomic E-state index is 0.173. The van der Waals surface area contributed by atoms with E-state index in [0.29, 0.717) is 5.69 Å². The molecule has 1 unspecified atom stereocenters. The van der Waals surface area contributed by atoms with E-state index >= 15 is 0 Å². The number of halogens is 1.